The van der Waals surface area contributed by atoms with E-state index < -0.39 is 52.9 Å². The Morgan fingerprint density at radius 2 is 1.50 bits per heavy atom. The number of hydrogen-bond donors (Lipinski definition) is 3. The predicted octanol–water partition coefficient (Wildman–Crippen LogP) is 2.36. The number of H-pyrrole nitrogens is 1. The minimum atomic E-state index is -2.92. The first-order valence-corrected chi connectivity index (χ1v) is 15.9. The van der Waals surface area contributed by atoms with Crippen LogP contribution in [0.3, 0.4) is 0 Å². The van der Waals surface area contributed by atoms with E-state index in [1.807, 2.05) is 0 Å². The number of aromatic nitrogens is 2. The number of aromatic amines is 1. The van der Waals surface area contributed by atoms with Crippen molar-refractivity contribution in [2.45, 2.75) is 102 Å². The van der Waals surface area contributed by atoms with Crippen LogP contribution in [0.5, 0.6) is 0 Å². The average molecular weight is 519 g/mol. The molecule has 4 atom stereocenters. The summed E-state index contributed by atoms with van der Waals surface area (Å²) in [7, 11) is -3.88. The first-order chi connectivity index (χ1) is 15.7. The fourth-order valence-electron chi connectivity index (χ4n) is 4.87. The van der Waals surface area contributed by atoms with Gasteiger partial charge in [-0.05, 0) is 22.2 Å². The van der Waals surface area contributed by atoms with E-state index in [2.05, 4.69) is 60.4 Å². The molecule has 1 saturated heterocycles. The lowest BCUT2D eigenvalue weighted by Gasteiger charge is -2.47. The SMILES string of the molecule is CO[Si](O[Si](OC[C@H]1O[C@@H](n2ccc(=O)[nH]c2=O)[C@H](O)[C@@H]1O)(C(C)C)C(C)C)(C(C)C)C(C)C. The van der Waals surface area contributed by atoms with Gasteiger partial charge in [-0.2, -0.15) is 0 Å². The molecule has 1 aliphatic heterocycles. The first-order valence-electron chi connectivity index (χ1n) is 12.0. The minimum absolute atomic E-state index is 0.0141. The Hall–Kier alpha value is -1.13. The Bertz CT molecular complexity index is 901. The highest BCUT2D eigenvalue weighted by molar-refractivity contribution is 6.83. The van der Waals surface area contributed by atoms with Crippen LogP contribution in [0.4, 0.5) is 0 Å². The highest BCUT2D eigenvalue weighted by atomic mass is 28.5. The quantitative estimate of drug-likeness (QED) is 0.380. The minimum Gasteiger partial charge on any atom is -0.414 e. The van der Waals surface area contributed by atoms with E-state index in [1.54, 1.807) is 7.11 Å². The molecule has 0 amide bonds. The van der Waals surface area contributed by atoms with Gasteiger partial charge in [-0.25, -0.2) is 4.79 Å². The molecule has 3 N–H and O–H groups in total. The van der Waals surface area contributed by atoms with Crippen LogP contribution in [0.2, 0.25) is 22.2 Å². The molecule has 0 aliphatic carbocycles. The van der Waals surface area contributed by atoms with Gasteiger partial charge in [-0.1, -0.05) is 55.4 Å². The van der Waals surface area contributed by atoms with E-state index in [0.717, 1.165) is 10.6 Å². The van der Waals surface area contributed by atoms with Gasteiger partial charge in [0.05, 0.1) is 6.61 Å². The second-order valence-electron chi connectivity index (χ2n) is 10.2. The molecule has 10 nitrogen and oxygen atoms in total. The second-order valence-corrected chi connectivity index (χ2v) is 19.3. The van der Waals surface area contributed by atoms with Crippen molar-refractivity contribution < 1.29 is 27.9 Å². The van der Waals surface area contributed by atoms with Crippen molar-refractivity contribution in [1.29, 1.82) is 0 Å². The van der Waals surface area contributed by atoms with Crippen LogP contribution < -0.4 is 11.2 Å². The van der Waals surface area contributed by atoms with Gasteiger partial charge in [0.25, 0.3) is 5.56 Å². The molecule has 1 aromatic rings. The van der Waals surface area contributed by atoms with Crippen molar-refractivity contribution in [3.8, 4) is 0 Å². The molecule has 2 heterocycles. The second kappa shape index (κ2) is 11.3. The molecule has 0 spiro atoms. The molecule has 1 aromatic heterocycles. The number of nitrogens with zero attached hydrogens (tertiary/aromatic N) is 1. The largest absolute Gasteiger partial charge is 0.414 e. The highest BCUT2D eigenvalue weighted by Crippen LogP contribution is 2.44. The average Bonchev–Trinajstić information content (AvgIpc) is 3.01. The fourth-order valence-corrected chi connectivity index (χ4v) is 15.9. The summed E-state index contributed by atoms with van der Waals surface area (Å²) in [6.07, 6.45) is -3.45. The molecule has 12 heteroatoms. The highest BCUT2D eigenvalue weighted by Gasteiger charge is 2.56. The zero-order valence-corrected chi connectivity index (χ0v) is 23.8. The Morgan fingerprint density at radius 1 is 0.971 bits per heavy atom. The van der Waals surface area contributed by atoms with Crippen LogP contribution in [0, 0.1) is 0 Å². The Kier molecular flexibility index (Phi) is 9.67. The molecule has 0 bridgehead atoms. The zero-order valence-electron chi connectivity index (χ0n) is 21.8. The van der Waals surface area contributed by atoms with Crippen molar-refractivity contribution in [3.63, 3.8) is 0 Å². The van der Waals surface area contributed by atoms with Gasteiger partial charge in [0, 0.05) is 19.4 Å². The lowest BCUT2D eigenvalue weighted by molar-refractivity contribution is -0.0558. The number of hydrogen-bond acceptors (Lipinski definition) is 8. The van der Waals surface area contributed by atoms with Crippen LogP contribution in [0.25, 0.3) is 0 Å². The van der Waals surface area contributed by atoms with Crippen LogP contribution in [-0.2, 0) is 17.7 Å². The third kappa shape index (κ3) is 5.49. The van der Waals surface area contributed by atoms with E-state index in [4.69, 9.17) is 17.7 Å². The van der Waals surface area contributed by atoms with Gasteiger partial charge in [0.15, 0.2) is 6.23 Å². The van der Waals surface area contributed by atoms with Crippen LogP contribution in [-0.4, -0.2) is 68.9 Å². The smallest absolute Gasteiger partial charge is 0.334 e. The molecular weight excluding hydrogens is 476 g/mol. The van der Waals surface area contributed by atoms with Gasteiger partial charge in [0.2, 0.25) is 0 Å². The summed E-state index contributed by atoms with van der Waals surface area (Å²) < 4.78 is 26.6. The maximum absolute atomic E-state index is 12.2. The van der Waals surface area contributed by atoms with Crippen LogP contribution in [0.15, 0.2) is 21.9 Å². The molecule has 0 saturated carbocycles. The van der Waals surface area contributed by atoms with Crippen molar-refractivity contribution in [2.24, 2.45) is 0 Å². The summed E-state index contributed by atoms with van der Waals surface area (Å²) >= 11 is 0. The summed E-state index contributed by atoms with van der Waals surface area (Å²) in [5.74, 6) is 0. The molecule has 1 aliphatic rings. The van der Waals surface area contributed by atoms with E-state index in [1.165, 1.54) is 6.20 Å². The topological polar surface area (TPSA) is 132 Å². The Morgan fingerprint density at radius 3 is 1.94 bits per heavy atom. The van der Waals surface area contributed by atoms with Gasteiger partial charge < -0.3 is 27.9 Å². The number of ether oxygens (including phenoxy) is 1. The monoisotopic (exact) mass is 518 g/mol. The van der Waals surface area contributed by atoms with Crippen LogP contribution in [0.1, 0.15) is 61.6 Å². The Labute approximate surface area is 203 Å². The molecule has 0 aromatic carbocycles. The fraction of sp³-hybridized carbons (Fsp3) is 0.818. The molecule has 1 fully saturated rings. The number of nitrogens with one attached hydrogen (secondary N) is 1. The van der Waals surface area contributed by atoms with Crippen molar-refractivity contribution in [1.82, 2.24) is 9.55 Å². The molecule has 34 heavy (non-hydrogen) atoms. The van der Waals surface area contributed by atoms with E-state index in [-0.39, 0.29) is 28.8 Å². The molecule has 0 radical (unpaired) electrons. The van der Waals surface area contributed by atoms with Gasteiger partial charge in [-0.15, -0.1) is 0 Å². The van der Waals surface area contributed by atoms with E-state index >= 15 is 0 Å². The zero-order chi connectivity index (χ0) is 26.0. The van der Waals surface area contributed by atoms with Crippen molar-refractivity contribution >= 4 is 17.1 Å². The van der Waals surface area contributed by atoms with Crippen LogP contribution >= 0.6 is 0 Å². The molecule has 0 unspecified atom stereocenters. The van der Waals surface area contributed by atoms with Crippen molar-refractivity contribution in [3.05, 3.63) is 33.1 Å². The summed E-state index contributed by atoms with van der Waals surface area (Å²) in [6.45, 7) is 16.7. The van der Waals surface area contributed by atoms with E-state index in [9.17, 15) is 19.8 Å². The number of aliphatic hydroxyl groups excluding tert-OH is 2. The predicted molar refractivity (Wildman–Crippen MR) is 133 cm³/mol. The van der Waals surface area contributed by atoms with Gasteiger partial charge in [-0.3, -0.25) is 14.3 Å². The molecule has 2 rings (SSSR count). The Balaban J connectivity index is 2.33. The van der Waals surface area contributed by atoms with E-state index in [0.29, 0.717) is 0 Å². The summed E-state index contributed by atoms with van der Waals surface area (Å²) in [5, 5.41) is 21.3. The summed E-state index contributed by atoms with van der Waals surface area (Å²) in [5.41, 5.74) is -0.751. The summed E-state index contributed by atoms with van der Waals surface area (Å²) in [6, 6.07) is 1.16. The first kappa shape index (κ1) is 29.1. The lowest BCUT2D eigenvalue weighted by atomic mass is 10.1. The summed E-state index contributed by atoms with van der Waals surface area (Å²) in [4.78, 5) is 25.7. The lowest BCUT2D eigenvalue weighted by Crippen LogP contribution is -2.61. The third-order valence-corrected chi connectivity index (χ3v) is 17.0. The maximum atomic E-state index is 12.2. The van der Waals surface area contributed by atoms with Crippen molar-refractivity contribution in [2.75, 3.05) is 13.7 Å². The van der Waals surface area contributed by atoms with Gasteiger partial charge in [0.1, 0.15) is 18.3 Å². The number of rotatable bonds is 11. The molecular formula is C22H42N2O8Si2. The maximum Gasteiger partial charge on any atom is 0.334 e. The number of aliphatic hydroxyl groups is 2. The standard InChI is InChI=1S/C22H42N2O8Si2/c1-13(2)33(29-9,14(3)4)32-34(15(5)6,16(7)8)30-12-17-19(26)20(27)21(31-17)24-11-10-18(25)23-22(24)28/h10-11,13-17,19-21,26-27H,12H2,1-9H3,(H,23,25,28)/t17-,19-,20-,21-/m1/s1. The van der Waals surface area contributed by atoms with Gasteiger partial charge >= 0.3 is 22.8 Å². The normalized spacial score (nSPS) is 24.2. The third-order valence-electron chi connectivity index (χ3n) is 6.79. The molecule has 196 valence electrons.